The number of carbonyl (C=O) groups is 2. The lowest BCUT2D eigenvalue weighted by atomic mass is 10.1. The van der Waals surface area contributed by atoms with Crippen LogP contribution in [0.15, 0.2) is 18.2 Å². The monoisotopic (exact) mass is 532 g/mol. The second kappa shape index (κ2) is 8.95. The number of alkyl halides is 8. The minimum absolute atomic E-state index is 0.0192. The first-order valence-corrected chi connectivity index (χ1v) is 10.4. The summed E-state index contributed by atoms with van der Waals surface area (Å²) in [5.41, 5.74) is -7.16. The van der Waals surface area contributed by atoms with Crippen molar-refractivity contribution in [3.05, 3.63) is 45.7 Å². The van der Waals surface area contributed by atoms with Crippen LogP contribution >= 0.6 is 11.6 Å². The van der Waals surface area contributed by atoms with Gasteiger partial charge >= 0.3 is 18.3 Å². The number of rotatable bonds is 6. The van der Waals surface area contributed by atoms with E-state index in [0.717, 1.165) is 31.0 Å². The maximum atomic E-state index is 13.8. The Morgan fingerprint density at radius 2 is 1.74 bits per heavy atom. The van der Waals surface area contributed by atoms with Gasteiger partial charge in [-0.2, -0.15) is 40.2 Å². The molecule has 0 radical (unpaired) electrons. The minimum Gasteiger partial charge on any atom is -0.349 e. The number of benzene rings is 1. The van der Waals surface area contributed by atoms with Gasteiger partial charge in [0, 0.05) is 18.8 Å². The molecule has 1 heterocycles. The number of aryl methyl sites for hydroxylation is 1. The van der Waals surface area contributed by atoms with E-state index in [2.05, 4.69) is 10.4 Å². The molecule has 3 rings (SSSR count). The van der Waals surface area contributed by atoms with Crippen molar-refractivity contribution < 1.29 is 44.7 Å². The molecule has 1 aliphatic rings. The smallest absolute Gasteiger partial charge is 0.349 e. The van der Waals surface area contributed by atoms with E-state index in [0.29, 0.717) is 7.05 Å². The van der Waals surface area contributed by atoms with Crippen molar-refractivity contribution >= 4 is 29.1 Å². The van der Waals surface area contributed by atoms with Crippen molar-refractivity contribution in [2.24, 2.45) is 13.0 Å². The van der Waals surface area contributed by atoms with Crippen LogP contribution in [-0.2, 0) is 19.1 Å². The molecular weight excluding hydrogens is 516 g/mol. The summed E-state index contributed by atoms with van der Waals surface area (Å²) in [6.45, 7) is 1.93. The predicted octanol–water partition coefficient (Wildman–Crippen LogP) is 5.53. The molecule has 0 saturated heterocycles. The fourth-order valence-electron chi connectivity index (χ4n) is 3.50. The number of hydrogen-bond donors (Lipinski definition) is 2. The van der Waals surface area contributed by atoms with E-state index >= 15 is 0 Å². The number of nitrogens with zero attached hydrogens (tertiary/aromatic N) is 2. The lowest BCUT2D eigenvalue weighted by molar-refractivity contribution is -0.292. The summed E-state index contributed by atoms with van der Waals surface area (Å²) in [6.07, 6.45) is -10.6. The van der Waals surface area contributed by atoms with E-state index in [1.807, 2.05) is 12.2 Å². The summed E-state index contributed by atoms with van der Waals surface area (Å²) < 4.78 is 106. The highest BCUT2D eigenvalue weighted by Crippen LogP contribution is 2.48. The normalized spacial score (nSPS) is 18.4. The molecule has 6 nitrogen and oxygen atoms in total. The number of nitrogens with one attached hydrogen (secondary N) is 2. The molecule has 2 atom stereocenters. The van der Waals surface area contributed by atoms with Crippen LogP contribution in [0.4, 0.5) is 40.8 Å². The van der Waals surface area contributed by atoms with E-state index in [9.17, 15) is 44.7 Å². The third-order valence-corrected chi connectivity index (χ3v) is 5.76. The minimum atomic E-state index is -6.40. The summed E-state index contributed by atoms with van der Waals surface area (Å²) in [4.78, 5) is 25.1. The molecular formula is C20H17ClF8N4O2. The molecule has 35 heavy (non-hydrogen) atoms. The lowest BCUT2D eigenvalue weighted by Crippen LogP contribution is -2.36. The maximum absolute atomic E-state index is 13.8. The summed E-state index contributed by atoms with van der Waals surface area (Å²) >= 11 is 6.00. The molecule has 2 aromatic rings. The van der Waals surface area contributed by atoms with Crippen molar-refractivity contribution in [1.82, 2.24) is 15.1 Å². The van der Waals surface area contributed by atoms with Gasteiger partial charge in [0.15, 0.2) is 5.69 Å². The van der Waals surface area contributed by atoms with Crippen molar-refractivity contribution in [3.63, 3.8) is 0 Å². The summed E-state index contributed by atoms with van der Waals surface area (Å²) in [6, 6.07) is 3.22. The Morgan fingerprint density at radius 1 is 1.11 bits per heavy atom. The molecule has 0 bridgehead atoms. The zero-order valence-electron chi connectivity index (χ0n) is 17.9. The number of amides is 2. The fraction of sp³-hybridized carbons (Fsp3) is 0.450. The second-order valence-corrected chi connectivity index (χ2v) is 8.31. The van der Waals surface area contributed by atoms with Gasteiger partial charge in [-0.15, -0.1) is 0 Å². The summed E-state index contributed by atoms with van der Waals surface area (Å²) in [5, 5.41) is 7.30. The average Bonchev–Trinajstić information content (AvgIpc) is 3.36. The van der Waals surface area contributed by atoms with Crippen LogP contribution in [0.3, 0.4) is 0 Å². The van der Waals surface area contributed by atoms with Crippen molar-refractivity contribution in [2.45, 2.75) is 44.1 Å². The Bertz CT molecular complexity index is 1160. The van der Waals surface area contributed by atoms with Gasteiger partial charge in [-0.1, -0.05) is 24.9 Å². The topological polar surface area (TPSA) is 76.0 Å². The SMILES string of the molecule is CCC1CC1NC(=O)c1cc(NC(=O)c2c(C(F)(F)F)c(C(F)(F)C(F)(F)F)nn2C)ccc1Cl. The van der Waals surface area contributed by atoms with Gasteiger partial charge < -0.3 is 10.6 Å². The summed E-state index contributed by atoms with van der Waals surface area (Å²) in [7, 11) is 0.612. The molecule has 2 N–H and O–H groups in total. The molecule has 0 aliphatic heterocycles. The van der Waals surface area contributed by atoms with Gasteiger partial charge in [-0.3, -0.25) is 14.3 Å². The van der Waals surface area contributed by atoms with Gasteiger partial charge in [-0.25, -0.2) is 0 Å². The first kappa shape index (κ1) is 26.7. The first-order valence-electron chi connectivity index (χ1n) is 10.00. The molecule has 1 saturated carbocycles. The van der Waals surface area contributed by atoms with Crippen LogP contribution in [0.1, 0.15) is 51.9 Å². The van der Waals surface area contributed by atoms with Gasteiger partial charge in [0.2, 0.25) is 0 Å². The largest absolute Gasteiger partial charge is 0.459 e. The van der Waals surface area contributed by atoms with Crippen molar-refractivity contribution in [3.8, 4) is 0 Å². The fourth-order valence-corrected chi connectivity index (χ4v) is 3.70. The van der Waals surface area contributed by atoms with Crippen molar-refractivity contribution in [2.75, 3.05) is 5.32 Å². The number of anilines is 1. The highest BCUT2D eigenvalue weighted by Gasteiger charge is 2.64. The Balaban J connectivity index is 1.95. The van der Waals surface area contributed by atoms with E-state index < -0.39 is 47.0 Å². The molecule has 1 fully saturated rings. The molecule has 0 spiro atoms. The van der Waals surface area contributed by atoms with Crippen LogP contribution in [0.25, 0.3) is 0 Å². The highest BCUT2D eigenvalue weighted by atomic mass is 35.5. The lowest BCUT2D eigenvalue weighted by Gasteiger charge is -2.19. The quantitative estimate of drug-likeness (QED) is 0.481. The van der Waals surface area contributed by atoms with E-state index in [1.165, 1.54) is 0 Å². The predicted molar refractivity (Wildman–Crippen MR) is 107 cm³/mol. The van der Waals surface area contributed by atoms with E-state index in [4.69, 9.17) is 11.6 Å². The number of hydrogen-bond acceptors (Lipinski definition) is 3. The third-order valence-electron chi connectivity index (χ3n) is 5.43. The highest BCUT2D eigenvalue weighted by molar-refractivity contribution is 6.34. The Kier molecular flexibility index (Phi) is 6.83. The Labute approximate surface area is 197 Å². The van der Waals surface area contributed by atoms with Crippen LogP contribution < -0.4 is 10.6 Å². The molecule has 1 aliphatic carbocycles. The molecule has 2 amide bonds. The van der Waals surface area contributed by atoms with Crippen LogP contribution in [0.2, 0.25) is 5.02 Å². The van der Waals surface area contributed by atoms with Gasteiger partial charge in [0.1, 0.15) is 11.3 Å². The second-order valence-electron chi connectivity index (χ2n) is 7.90. The van der Waals surface area contributed by atoms with E-state index in [1.54, 1.807) is 0 Å². The van der Waals surface area contributed by atoms with E-state index in [-0.39, 0.29) is 32.9 Å². The van der Waals surface area contributed by atoms with Gasteiger partial charge in [0.25, 0.3) is 11.8 Å². The molecule has 1 aromatic carbocycles. The zero-order valence-corrected chi connectivity index (χ0v) is 18.7. The first-order chi connectivity index (χ1) is 16.0. The average molecular weight is 533 g/mol. The molecule has 15 heteroatoms. The van der Waals surface area contributed by atoms with Gasteiger partial charge in [0.05, 0.1) is 10.6 Å². The van der Waals surface area contributed by atoms with Crippen LogP contribution in [0.5, 0.6) is 0 Å². The Morgan fingerprint density at radius 3 is 2.26 bits per heavy atom. The maximum Gasteiger partial charge on any atom is 0.459 e. The third kappa shape index (κ3) is 5.21. The van der Waals surface area contributed by atoms with Gasteiger partial charge in [-0.05, 0) is 30.5 Å². The molecule has 1 aromatic heterocycles. The molecule has 192 valence electrons. The standard InChI is InChI=1S/C20H17ClF8N4O2/c1-3-8-6-12(8)31-16(34)10-7-9(4-5-11(10)21)30-17(35)14-13(19(24,25)26)15(32-33(14)2)18(22,23)20(27,28)29/h4-5,7-8,12H,3,6H2,1-2H3,(H,30,35)(H,31,34). The number of halogens is 9. The van der Waals surface area contributed by atoms with Crippen LogP contribution in [0, 0.1) is 5.92 Å². The number of aromatic nitrogens is 2. The number of carbonyl (C=O) groups excluding carboxylic acids is 2. The zero-order chi connectivity index (χ0) is 26.5. The molecule has 2 unspecified atom stereocenters. The summed E-state index contributed by atoms with van der Waals surface area (Å²) in [5.74, 6) is -8.00. The Hall–Kier alpha value is -2.90. The van der Waals surface area contributed by atoms with Crippen molar-refractivity contribution in [1.29, 1.82) is 0 Å². The van der Waals surface area contributed by atoms with Crippen LogP contribution in [-0.4, -0.2) is 33.8 Å².